The molecule has 120 valence electrons. The number of hydrogen-bond acceptors (Lipinski definition) is 6. The maximum atomic E-state index is 12.1. The third-order valence-electron chi connectivity index (χ3n) is 2.78. The summed E-state index contributed by atoms with van der Waals surface area (Å²) in [5, 5.41) is 11.3. The molecule has 0 radical (unpaired) electrons. The van der Waals surface area contributed by atoms with Crippen LogP contribution >= 0.6 is 0 Å². The second-order valence-corrected chi connectivity index (χ2v) is 4.51. The zero-order chi connectivity index (χ0) is 16.4. The topological polar surface area (TPSA) is 87.2 Å². The molecule has 8 nitrogen and oxygen atoms in total. The maximum Gasteiger partial charge on any atom is 0.422 e. The molecule has 0 unspecified atom stereocenters. The van der Waals surface area contributed by atoms with Gasteiger partial charge >= 0.3 is 11.9 Å². The number of halogens is 3. The number of fused-ring (bicyclic) bond motifs is 1. The predicted octanol–water partition coefficient (Wildman–Crippen LogP) is 0.670. The van der Waals surface area contributed by atoms with Crippen LogP contribution in [0.2, 0.25) is 0 Å². The number of alkyl halides is 3. The van der Waals surface area contributed by atoms with E-state index in [9.17, 15) is 18.0 Å². The average molecular weight is 326 g/mol. The van der Waals surface area contributed by atoms with E-state index in [-0.39, 0.29) is 18.1 Å². The largest absolute Gasteiger partial charge is 0.467 e. The van der Waals surface area contributed by atoms with Gasteiger partial charge in [-0.1, -0.05) is 0 Å². The normalized spacial score (nSPS) is 11.8. The maximum absolute atomic E-state index is 12.1. The molecule has 0 aliphatic carbocycles. The highest BCUT2D eigenvalue weighted by Crippen LogP contribution is 2.16. The van der Waals surface area contributed by atoms with Crippen LogP contribution in [0.4, 0.5) is 13.2 Å². The van der Waals surface area contributed by atoms with Crippen LogP contribution in [0.3, 0.4) is 0 Å². The van der Waals surface area contributed by atoms with E-state index in [1.165, 1.54) is 35.1 Å². The third-order valence-corrected chi connectivity index (χ3v) is 2.78. The highest BCUT2D eigenvalue weighted by atomic mass is 19.4. The van der Waals surface area contributed by atoms with Crippen LogP contribution in [-0.2, 0) is 6.54 Å². The van der Waals surface area contributed by atoms with Gasteiger partial charge in [0.05, 0.1) is 18.4 Å². The Morgan fingerprint density at radius 1 is 1.22 bits per heavy atom. The second-order valence-electron chi connectivity index (χ2n) is 4.51. The molecule has 0 spiro atoms. The molecule has 3 rings (SSSR count). The van der Waals surface area contributed by atoms with Crippen molar-refractivity contribution in [1.82, 2.24) is 29.4 Å². The molecule has 0 fully saturated rings. The fourth-order valence-corrected chi connectivity index (χ4v) is 1.80. The Hall–Kier alpha value is -2.98. The van der Waals surface area contributed by atoms with E-state index >= 15 is 0 Å². The van der Waals surface area contributed by atoms with Crippen molar-refractivity contribution in [2.24, 2.45) is 0 Å². The molecule has 0 bridgehead atoms. The van der Waals surface area contributed by atoms with Gasteiger partial charge in [0, 0.05) is 18.5 Å². The Morgan fingerprint density at radius 2 is 2.04 bits per heavy atom. The first kappa shape index (κ1) is 14.9. The zero-order valence-electron chi connectivity index (χ0n) is 11.4. The van der Waals surface area contributed by atoms with Gasteiger partial charge < -0.3 is 4.74 Å². The number of aromatic nitrogens is 6. The molecule has 0 aliphatic heterocycles. The molecule has 0 aromatic carbocycles. The van der Waals surface area contributed by atoms with Gasteiger partial charge in [-0.2, -0.15) is 13.2 Å². The van der Waals surface area contributed by atoms with Crippen molar-refractivity contribution < 1.29 is 17.9 Å². The number of ether oxygens (including phenoxy) is 1. The molecule has 0 atom stereocenters. The van der Waals surface area contributed by atoms with Crippen molar-refractivity contribution in [3.8, 4) is 5.88 Å². The molecule has 0 amide bonds. The fourth-order valence-electron chi connectivity index (χ4n) is 1.80. The Bertz CT molecular complexity index is 871. The summed E-state index contributed by atoms with van der Waals surface area (Å²) < 4.78 is 43.0. The highest BCUT2D eigenvalue weighted by Gasteiger charge is 2.28. The Balaban J connectivity index is 1.75. The van der Waals surface area contributed by atoms with Crippen molar-refractivity contribution in [1.29, 1.82) is 0 Å². The van der Waals surface area contributed by atoms with Gasteiger partial charge in [-0.3, -0.25) is 4.98 Å². The summed E-state index contributed by atoms with van der Waals surface area (Å²) >= 11 is 0. The van der Waals surface area contributed by atoms with Crippen LogP contribution in [0.15, 0.2) is 35.5 Å². The summed E-state index contributed by atoms with van der Waals surface area (Å²) in [4.78, 5) is 15.9. The average Bonchev–Trinajstić information content (AvgIpc) is 2.83. The van der Waals surface area contributed by atoms with Crippen molar-refractivity contribution in [3.05, 3.63) is 46.9 Å². The number of rotatable bonds is 4. The van der Waals surface area contributed by atoms with Crippen LogP contribution in [-0.4, -0.2) is 42.1 Å². The summed E-state index contributed by atoms with van der Waals surface area (Å²) in [5.41, 5.74) is 0.333. The van der Waals surface area contributed by atoms with Crippen molar-refractivity contribution in [2.45, 2.75) is 12.7 Å². The van der Waals surface area contributed by atoms with Gasteiger partial charge in [0.15, 0.2) is 12.3 Å². The minimum absolute atomic E-state index is 0.0209. The molecule has 0 N–H and O–H groups in total. The lowest BCUT2D eigenvalue weighted by molar-refractivity contribution is -0.154. The summed E-state index contributed by atoms with van der Waals surface area (Å²) in [5.74, 6) is -0.252. The molecule has 3 aromatic rings. The third kappa shape index (κ3) is 3.44. The number of hydrogen-bond donors (Lipinski definition) is 0. The van der Waals surface area contributed by atoms with Gasteiger partial charge in [0.1, 0.15) is 0 Å². The van der Waals surface area contributed by atoms with Crippen LogP contribution in [0, 0.1) is 0 Å². The van der Waals surface area contributed by atoms with Crippen molar-refractivity contribution >= 4 is 5.65 Å². The molecule has 0 saturated carbocycles. The van der Waals surface area contributed by atoms with Gasteiger partial charge in [-0.15, -0.1) is 15.3 Å². The Kier molecular flexibility index (Phi) is 3.68. The van der Waals surface area contributed by atoms with E-state index in [0.717, 1.165) is 4.68 Å². The Morgan fingerprint density at radius 3 is 2.70 bits per heavy atom. The SMILES string of the molecule is O=c1n(Cc2ccc(OCC(F)(F)F)nn2)nc2cnccn12. The van der Waals surface area contributed by atoms with E-state index in [1.54, 1.807) is 0 Å². The molecular formula is C12H9F3N6O2. The molecular weight excluding hydrogens is 317 g/mol. The molecule has 3 aromatic heterocycles. The lowest BCUT2D eigenvalue weighted by Crippen LogP contribution is -2.22. The van der Waals surface area contributed by atoms with E-state index in [2.05, 4.69) is 25.0 Å². The molecule has 23 heavy (non-hydrogen) atoms. The van der Waals surface area contributed by atoms with E-state index in [0.29, 0.717) is 11.3 Å². The van der Waals surface area contributed by atoms with Gasteiger partial charge in [0.25, 0.3) is 0 Å². The minimum atomic E-state index is -4.45. The van der Waals surface area contributed by atoms with Crippen LogP contribution in [0.5, 0.6) is 5.88 Å². The monoisotopic (exact) mass is 326 g/mol. The van der Waals surface area contributed by atoms with E-state index in [4.69, 9.17) is 0 Å². The van der Waals surface area contributed by atoms with Crippen LogP contribution in [0.1, 0.15) is 5.69 Å². The lowest BCUT2D eigenvalue weighted by atomic mass is 10.4. The summed E-state index contributed by atoms with van der Waals surface area (Å²) in [7, 11) is 0. The predicted molar refractivity (Wildman–Crippen MR) is 69.9 cm³/mol. The second kappa shape index (κ2) is 5.66. The van der Waals surface area contributed by atoms with Crippen molar-refractivity contribution in [3.63, 3.8) is 0 Å². The Labute approximate surface area is 126 Å². The summed E-state index contributed by atoms with van der Waals surface area (Å²) in [6, 6.07) is 2.66. The lowest BCUT2D eigenvalue weighted by Gasteiger charge is -2.07. The van der Waals surface area contributed by atoms with Gasteiger partial charge in [-0.25, -0.2) is 13.9 Å². The summed E-state index contributed by atoms with van der Waals surface area (Å²) in [6.07, 6.45) is -0.0934. The highest BCUT2D eigenvalue weighted by molar-refractivity contribution is 5.31. The molecule has 0 aliphatic rings. The minimum Gasteiger partial charge on any atom is -0.467 e. The van der Waals surface area contributed by atoms with E-state index in [1.807, 2.05) is 0 Å². The number of nitrogens with zero attached hydrogens (tertiary/aromatic N) is 6. The standard InChI is InChI=1S/C12H9F3N6O2/c13-12(14,15)7-23-10-2-1-8(17-18-10)6-21-11(22)20-4-3-16-5-9(20)19-21/h1-5H,6-7H2. The molecule has 11 heteroatoms. The van der Waals surface area contributed by atoms with Crippen LogP contribution in [0.25, 0.3) is 5.65 Å². The molecule has 0 saturated heterocycles. The smallest absolute Gasteiger partial charge is 0.422 e. The summed E-state index contributed by atoms with van der Waals surface area (Å²) in [6.45, 7) is -1.42. The van der Waals surface area contributed by atoms with Crippen molar-refractivity contribution in [2.75, 3.05) is 6.61 Å². The first-order valence-electron chi connectivity index (χ1n) is 6.34. The first-order valence-corrected chi connectivity index (χ1v) is 6.34. The quantitative estimate of drug-likeness (QED) is 0.700. The van der Waals surface area contributed by atoms with Gasteiger partial charge in [0.2, 0.25) is 5.88 Å². The van der Waals surface area contributed by atoms with Gasteiger partial charge in [-0.05, 0) is 6.07 Å². The fraction of sp³-hybridized carbons (Fsp3) is 0.250. The molecule has 3 heterocycles. The van der Waals surface area contributed by atoms with E-state index < -0.39 is 12.8 Å². The zero-order valence-corrected chi connectivity index (χ0v) is 11.4. The van der Waals surface area contributed by atoms with Crippen LogP contribution < -0.4 is 10.4 Å². The first-order chi connectivity index (χ1) is 10.9.